The topological polar surface area (TPSA) is 50.8 Å². The summed E-state index contributed by atoms with van der Waals surface area (Å²) in [6, 6.07) is 4.60. The predicted molar refractivity (Wildman–Crippen MR) is 79.9 cm³/mol. The van der Waals surface area contributed by atoms with Crippen LogP contribution < -0.4 is 14.8 Å². The molecule has 116 valence electrons. The summed E-state index contributed by atoms with van der Waals surface area (Å²) in [5.41, 5.74) is 2.51. The van der Waals surface area contributed by atoms with Crippen molar-refractivity contribution in [2.24, 2.45) is 5.92 Å². The van der Waals surface area contributed by atoms with Crippen LogP contribution in [0.3, 0.4) is 0 Å². The van der Waals surface area contributed by atoms with Gasteiger partial charge in [0.25, 0.3) is 0 Å². The molecule has 0 saturated carbocycles. The summed E-state index contributed by atoms with van der Waals surface area (Å²) >= 11 is 0. The average molecular weight is 300 g/mol. The first kappa shape index (κ1) is 12.8. The minimum atomic E-state index is 0.139. The molecule has 0 aliphatic carbocycles. The zero-order valence-corrected chi connectivity index (χ0v) is 12.5. The fraction of sp³-hybridized carbons (Fsp3) is 0.588. The third-order valence-corrected chi connectivity index (χ3v) is 5.66. The van der Waals surface area contributed by atoms with E-state index in [1.807, 2.05) is 6.07 Å². The molecule has 3 unspecified atom stereocenters. The summed E-state index contributed by atoms with van der Waals surface area (Å²) in [6.07, 6.45) is 4.04. The molecule has 5 rings (SSSR count). The van der Waals surface area contributed by atoms with Gasteiger partial charge in [-0.1, -0.05) is 6.07 Å². The molecule has 0 aromatic heterocycles. The molecule has 4 aliphatic rings. The third-order valence-electron chi connectivity index (χ3n) is 5.66. The van der Waals surface area contributed by atoms with Gasteiger partial charge in [-0.3, -0.25) is 4.79 Å². The Morgan fingerprint density at radius 3 is 3.18 bits per heavy atom. The van der Waals surface area contributed by atoms with Crippen LogP contribution in [0.4, 0.5) is 0 Å². The van der Waals surface area contributed by atoms with Gasteiger partial charge in [-0.2, -0.15) is 0 Å². The van der Waals surface area contributed by atoms with E-state index in [2.05, 4.69) is 16.3 Å². The van der Waals surface area contributed by atoms with Gasteiger partial charge in [0, 0.05) is 18.2 Å². The van der Waals surface area contributed by atoms with Crippen molar-refractivity contribution in [2.75, 3.05) is 19.9 Å². The quantitative estimate of drug-likeness (QED) is 0.791. The minimum absolute atomic E-state index is 0.139. The van der Waals surface area contributed by atoms with E-state index in [9.17, 15) is 4.79 Å². The Morgan fingerprint density at radius 2 is 2.23 bits per heavy atom. The second-order valence-electron chi connectivity index (χ2n) is 6.71. The van der Waals surface area contributed by atoms with E-state index in [1.165, 1.54) is 11.1 Å². The largest absolute Gasteiger partial charge is 0.454 e. The molecule has 2 saturated heterocycles. The van der Waals surface area contributed by atoms with Gasteiger partial charge in [0.05, 0.1) is 12.0 Å². The van der Waals surface area contributed by atoms with Crippen molar-refractivity contribution in [3.63, 3.8) is 0 Å². The highest BCUT2D eigenvalue weighted by Crippen LogP contribution is 2.49. The van der Waals surface area contributed by atoms with Gasteiger partial charge in [0.1, 0.15) is 0 Å². The lowest BCUT2D eigenvalue weighted by atomic mass is 9.76. The number of hydrogen-bond donors (Lipinski definition) is 1. The van der Waals surface area contributed by atoms with Crippen LogP contribution >= 0.6 is 0 Å². The van der Waals surface area contributed by atoms with Crippen molar-refractivity contribution >= 4 is 5.91 Å². The number of amides is 1. The van der Waals surface area contributed by atoms with Gasteiger partial charge >= 0.3 is 0 Å². The summed E-state index contributed by atoms with van der Waals surface area (Å²) < 4.78 is 11.3. The Morgan fingerprint density at radius 1 is 1.27 bits per heavy atom. The maximum absolute atomic E-state index is 12.9. The van der Waals surface area contributed by atoms with Crippen LogP contribution in [0.5, 0.6) is 11.5 Å². The van der Waals surface area contributed by atoms with Crippen LogP contribution in [0.1, 0.15) is 36.4 Å². The standard InChI is InChI=1S/C17H20N2O3/c20-17-11-2-1-6-18-12(11)8-13-15-10(5-7-19(13)17)3-4-14-16(15)22-9-21-14/h3-4,11-13,18H,1-2,5-9H2. The molecule has 1 amide bonds. The Hall–Kier alpha value is -1.75. The number of nitrogens with one attached hydrogen (secondary N) is 1. The lowest BCUT2D eigenvalue weighted by Crippen LogP contribution is -2.57. The molecule has 1 N–H and O–H groups in total. The van der Waals surface area contributed by atoms with Crippen LogP contribution in [0.25, 0.3) is 0 Å². The number of hydrogen-bond acceptors (Lipinski definition) is 4. The Balaban J connectivity index is 1.59. The summed E-state index contributed by atoms with van der Waals surface area (Å²) in [4.78, 5) is 15.0. The number of rotatable bonds is 0. The second-order valence-corrected chi connectivity index (χ2v) is 6.71. The maximum Gasteiger partial charge on any atom is 0.231 e. The second kappa shape index (κ2) is 4.62. The van der Waals surface area contributed by atoms with Crippen LogP contribution in [-0.2, 0) is 11.2 Å². The Kier molecular flexibility index (Phi) is 2.68. The number of ether oxygens (including phenoxy) is 2. The van der Waals surface area contributed by atoms with Gasteiger partial charge < -0.3 is 19.7 Å². The first-order chi connectivity index (χ1) is 10.8. The fourth-order valence-electron chi connectivity index (χ4n) is 4.63. The van der Waals surface area contributed by atoms with Crippen molar-refractivity contribution in [1.29, 1.82) is 0 Å². The minimum Gasteiger partial charge on any atom is -0.454 e. The van der Waals surface area contributed by atoms with Crippen molar-refractivity contribution in [3.05, 3.63) is 23.3 Å². The molecule has 2 fully saturated rings. The number of carbonyl (C=O) groups excluding carboxylic acids is 1. The number of carbonyl (C=O) groups is 1. The molecule has 4 heterocycles. The number of nitrogens with zero attached hydrogens (tertiary/aromatic N) is 1. The average Bonchev–Trinajstić information content (AvgIpc) is 3.03. The first-order valence-corrected chi connectivity index (χ1v) is 8.28. The van der Waals surface area contributed by atoms with Crippen molar-refractivity contribution in [2.45, 2.75) is 37.8 Å². The van der Waals surface area contributed by atoms with Crippen LogP contribution in [0.15, 0.2) is 12.1 Å². The Labute approximate surface area is 129 Å². The lowest BCUT2D eigenvalue weighted by Gasteiger charge is -2.48. The molecule has 5 nitrogen and oxygen atoms in total. The van der Waals surface area contributed by atoms with E-state index in [0.717, 1.165) is 50.3 Å². The van der Waals surface area contributed by atoms with Gasteiger partial charge in [-0.25, -0.2) is 0 Å². The molecule has 0 radical (unpaired) electrons. The zero-order valence-electron chi connectivity index (χ0n) is 12.5. The van der Waals surface area contributed by atoms with Gasteiger partial charge in [-0.05, 0) is 43.9 Å². The first-order valence-electron chi connectivity index (χ1n) is 8.28. The highest BCUT2D eigenvalue weighted by atomic mass is 16.7. The SMILES string of the molecule is O=C1C2CCCNC2CC2c3c(ccc4c3OCO4)CCN12. The lowest BCUT2D eigenvalue weighted by molar-refractivity contribution is -0.145. The Bertz CT molecular complexity index is 645. The monoisotopic (exact) mass is 300 g/mol. The molecule has 3 atom stereocenters. The summed E-state index contributed by atoms with van der Waals surface area (Å²) in [6.45, 7) is 2.15. The maximum atomic E-state index is 12.9. The number of benzene rings is 1. The van der Waals surface area contributed by atoms with Crippen molar-refractivity contribution < 1.29 is 14.3 Å². The summed E-state index contributed by atoms with van der Waals surface area (Å²) in [5.74, 6) is 2.19. The number of fused-ring (bicyclic) bond motifs is 6. The smallest absolute Gasteiger partial charge is 0.231 e. The molecular formula is C17H20N2O3. The molecular weight excluding hydrogens is 280 g/mol. The number of piperidine rings is 2. The molecule has 0 spiro atoms. The van der Waals surface area contributed by atoms with Crippen LogP contribution in [0.2, 0.25) is 0 Å². The summed E-state index contributed by atoms with van der Waals surface area (Å²) in [7, 11) is 0. The van der Waals surface area contributed by atoms with E-state index in [1.54, 1.807) is 0 Å². The van der Waals surface area contributed by atoms with E-state index < -0.39 is 0 Å². The molecule has 1 aromatic carbocycles. The van der Waals surface area contributed by atoms with E-state index >= 15 is 0 Å². The van der Waals surface area contributed by atoms with E-state index in [-0.39, 0.29) is 18.8 Å². The van der Waals surface area contributed by atoms with Crippen molar-refractivity contribution in [3.8, 4) is 11.5 Å². The molecule has 0 bridgehead atoms. The molecule has 4 aliphatic heterocycles. The highest BCUT2D eigenvalue weighted by Gasteiger charge is 2.46. The predicted octanol–water partition coefficient (Wildman–Crippen LogP) is 1.61. The normalized spacial score (nSPS) is 32.3. The van der Waals surface area contributed by atoms with Crippen molar-refractivity contribution in [1.82, 2.24) is 10.2 Å². The third kappa shape index (κ3) is 1.66. The fourth-order valence-corrected chi connectivity index (χ4v) is 4.63. The molecule has 5 heteroatoms. The van der Waals surface area contributed by atoms with Gasteiger partial charge in [0.2, 0.25) is 12.7 Å². The van der Waals surface area contributed by atoms with Gasteiger partial charge in [-0.15, -0.1) is 0 Å². The highest BCUT2D eigenvalue weighted by molar-refractivity contribution is 5.82. The van der Waals surface area contributed by atoms with Crippen LogP contribution in [-0.4, -0.2) is 36.7 Å². The van der Waals surface area contributed by atoms with E-state index in [4.69, 9.17) is 9.47 Å². The zero-order chi connectivity index (χ0) is 14.7. The van der Waals surface area contributed by atoms with Crippen LogP contribution in [0, 0.1) is 5.92 Å². The van der Waals surface area contributed by atoms with Gasteiger partial charge in [0.15, 0.2) is 11.5 Å². The summed E-state index contributed by atoms with van der Waals surface area (Å²) in [5, 5.41) is 3.56. The molecule has 1 aromatic rings. The molecule has 22 heavy (non-hydrogen) atoms. The van der Waals surface area contributed by atoms with E-state index in [0.29, 0.717) is 11.9 Å².